The van der Waals surface area contributed by atoms with Gasteiger partial charge in [0.15, 0.2) is 0 Å². The maximum atomic E-state index is 12.3. The van der Waals surface area contributed by atoms with Crippen molar-refractivity contribution in [2.45, 2.75) is 18.9 Å². The van der Waals surface area contributed by atoms with Crippen molar-refractivity contribution in [1.82, 2.24) is 10.2 Å². The number of thioether (sulfide) groups is 1. The minimum Gasteiger partial charge on any atom is -0.325 e. The predicted octanol–water partition coefficient (Wildman–Crippen LogP) is 5.64. The molecule has 29 heavy (non-hydrogen) atoms. The molecule has 0 atom stereocenters. The van der Waals surface area contributed by atoms with Crippen LogP contribution in [0, 0.1) is 13.8 Å². The van der Waals surface area contributed by atoms with Crippen LogP contribution < -0.4 is 5.32 Å². The van der Waals surface area contributed by atoms with Crippen molar-refractivity contribution >= 4 is 34.1 Å². The monoisotopic (exact) mass is 399 g/mol. The summed E-state index contributed by atoms with van der Waals surface area (Å²) in [6, 6.07) is 24.3. The van der Waals surface area contributed by atoms with Gasteiger partial charge in [0.25, 0.3) is 0 Å². The molecule has 0 spiro atoms. The molecule has 0 saturated carbocycles. The SMILES string of the molecule is Cc1ccc(NC(=O)CSc2ccc(-c3ccc4ccccc4c3)nn2)c(C)c1. The van der Waals surface area contributed by atoms with Crippen LogP contribution in [0.3, 0.4) is 0 Å². The molecule has 0 unspecified atom stereocenters. The van der Waals surface area contributed by atoms with Crippen LogP contribution in [-0.2, 0) is 4.79 Å². The highest BCUT2D eigenvalue weighted by molar-refractivity contribution is 7.99. The summed E-state index contributed by atoms with van der Waals surface area (Å²) >= 11 is 1.38. The molecule has 0 aliphatic rings. The van der Waals surface area contributed by atoms with Gasteiger partial charge < -0.3 is 5.32 Å². The Balaban J connectivity index is 1.39. The second-order valence-corrected chi connectivity index (χ2v) is 7.97. The Labute approximate surface area is 174 Å². The van der Waals surface area contributed by atoms with E-state index in [2.05, 4.69) is 51.9 Å². The molecule has 0 aliphatic carbocycles. The number of amides is 1. The number of benzene rings is 3. The van der Waals surface area contributed by atoms with E-state index in [9.17, 15) is 4.79 Å². The number of carbonyl (C=O) groups excluding carboxylic acids is 1. The van der Waals surface area contributed by atoms with E-state index in [1.165, 1.54) is 28.1 Å². The van der Waals surface area contributed by atoms with Crippen molar-refractivity contribution in [1.29, 1.82) is 0 Å². The van der Waals surface area contributed by atoms with Crippen LogP contribution in [0.15, 0.2) is 77.8 Å². The maximum Gasteiger partial charge on any atom is 0.234 e. The lowest BCUT2D eigenvalue weighted by Crippen LogP contribution is -2.15. The molecule has 144 valence electrons. The fourth-order valence-corrected chi connectivity index (χ4v) is 3.79. The summed E-state index contributed by atoms with van der Waals surface area (Å²) in [7, 11) is 0. The zero-order valence-corrected chi connectivity index (χ0v) is 17.2. The zero-order valence-electron chi connectivity index (χ0n) is 16.3. The number of rotatable bonds is 5. The second-order valence-electron chi connectivity index (χ2n) is 6.97. The predicted molar refractivity (Wildman–Crippen MR) is 120 cm³/mol. The van der Waals surface area contributed by atoms with Gasteiger partial charge in [0.1, 0.15) is 5.03 Å². The molecule has 0 bridgehead atoms. The standard InChI is InChI=1S/C24H21N3OS/c1-16-7-10-21(17(2)13-16)25-23(28)15-29-24-12-11-22(26-27-24)20-9-8-18-5-3-4-6-19(18)14-20/h3-14H,15H2,1-2H3,(H,25,28). The minimum absolute atomic E-state index is 0.0534. The van der Waals surface area contributed by atoms with Crippen LogP contribution in [0.1, 0.15) is 11.1 Å². The molecule has 0 saturated heterocycles. The van der Waals surface area contributed by atoms with Gasteiger partial charge in [-0.1, -0.05) is 65.9 Å². The molecular weight excluding hydrogens is 378 g/mol. The van der Waals surface area contributed by atoms with Crippen molar-refractivity contribution in [2.75, 3.05) is 11.1 Å². The number of fused-ring (bicyclic) bond motifs is 1. The van der Waals surface area contributed by atoms with Gasteiger partial charge in [-0.05, 0) is 54.4 Å². The van der Waals surface area contributed by atoms with E-state index in [-0.39, 0.29) is 11.7 Å². The lowest BCUT2D eigenvalue weighted by Gasteiger charge is -2.09. The Morgan fingerprint density at radius 3 is 2.48 bits per heavy atom. The highest BCUT2D eigenvalue weighted by Gasteiger charge is 2.08. The van der Waals surface area contributed by atoms with Gasteiger partial charge in [-0.2, -0.15) is 0 Å². The number of nitrogens with zero attached hydrogens (tertiary/aromatic N) is 2. The molecule has 3 aromatic carbocycles. The van der Waals surface area contributed by atoms with Crippen molar-refractivity contribution in [2.24, 2.45) is 0 Å². The van der Waals surface area contributed by atoms with E-state index in [1.54, 1.807) is 0 Å². The lowest BCUT2D eigenvalue weighted by molar-refractivity contribution is -0.113. The highest BCUT2D eigenvalue weighted by atomic mass is 32.2. The third-order valence-electron chi connectivity index (χ3n) is 4.69. The molecule has 0 fully saturated rings. The molecule has 0 aliphatic heterocycles. The first-order valence-electron chi connectivity index (χ1n) is 9.41. The van der Waals surface area contributed by atoms with Crippen molar-refractivity contribution < 1.29 is 4.79 Å². The van der Waals surface area contributed by atoms with Gasteiger partial charge in [0.2, 0.25) is 5.91 Å². The average Bonchev–Trinajstić information content (AvgIpc) is 2.74. The number of carbonyl (C=O) groups is 1. The molecule has 1 N–H and O–H groups in total. The smallest absolute Gasteiger partial charge is 0.234 e. The number of aryl methyl sites for hydroxylation is 2. The largest absolute Gasteiger partial charge is 0.325 e. The first kappa shape index (κ1) is 19.2. The van der Waals surface area contributed by atoms with Crippen LogP contribution in [0.5, 0.6) is 0 Å². The van der Waals surface area contributed by atoms with E-state index in [0.717, 1.165) is 27.5 Å². The summed E-state index contributed by atoms with van der Waals surface area (Å²) in [5.41, 5.74) is 4.93. The quantitative estimate of drug-likeness (QED) is 0.441. The number of hydrogen-bond donors (Lipinski definition) is 1. The molecule has 4 rings (SSSR count). The molecule has 1 aromatic heterocycles. The maximum absolute atomic E-state index is 12.3. The molecule has 4 aromatic rings. The Hall–Kier alpha value is -3.18. The first-order valence-corrected chi connectivity index (χ1v) is 10.4. The van der Waals surface area contributed by atoms with Crippen molar-refractivity contribution in [3.05, 3.63) is 83.9 Å². The Kier molecular flexibility index (Phi) is 5.58. The molecule has 5 heteroatoms. The van der Waals surface area contributed by atoms with Crippen LogP contribution in [0.25, 0.3) is 22.0 Å². The van der Waals surface area contributed by atoms with E-state index >= 15 is 0 Å². The van der Waals surface area contributed by atoms with E-state index < -0.39 is 0 Å². The van der Waals surface area contributed by atoms with E-state index in [1.807, 2.05) is 50.2 Å². The fourth-order valence-electron chi connectivity index (χ4n) is 3.18. The number of anilines is 1. The summed E-state index contributed by atoms with van der Waals surface area (Å²) < 4.78 is 0. The first-order chi connectivity index (χ1) is 14.1. The number of aromatic nitrogens is 2. The summed E-state index contributed by atoms with van der Waals surface area (Å²) in [5.74, 6) is 0.236. The minimum atomic E-state index is -0.0534. The van der Waals surface area contributed by atoms with Gasteiger partial charge >= 0.3 is 0 Å². The van der Waals surface area contributed by atoms with E-state index in [4.69, 9.17) is 0 Å². The third kappa shape index (κ3) is 4.63. The van der Waals surface area contributed by atoms with E-state index in [0.29, 0.717) is 0 Å². The highest BCUT2D eigenvalue weighted by Crippen LogP contribution is 2.24. The molecule has 4 nitrogen and oxygen atoms in total. The van der Waals surface area contributed by atoms with Gasteiger partial charge in [0.05, 0.1) is 11.4 Å². The topological polar surface area (TPSA) is 54.9 Å². The van der Waals surface area contributed by atoms with Crippen LogP contribution in [0.4, 0.5) is 5.69 Å². The number of nitrogens with one attached hydrogen (secondary N) is 1. The summed E-state index contributed by atoms with van der Waals surface area (Å²) in [6.45, 7) is 4.03. The van der Waals surface area contributed by atoms with Crippen LogP contribution in [-0.4, -0.2) is 21.9 Å². The van der Waals surface area contributed by atoms with Crippen molar-refractivity contribution in [3.63, 3.8) is 0 Å². The zero-order chi connectivity index (χ0) is 20.2. The van der Waals surface area contributed by atoms with Gasteiger partial charge in [-0.3, -0.25) is 4.79 Å². The Morgan fingerprint density at radius 1 is 0.897 bits per heavy atom. The normalized spacial score (nSPS) is 10.8. The fraction of sp³-hybridized carbons (Fsp3) is 0.125. The molecule has 1 amide bonds. The van der Waals surface area contributed by atoms with Gasteiger partial charge in [-0.25, -0.2) is 0 Å². The molecular formula is C24H21N3OS. The molecule has 0 radical (unpaired) electrons. The molecule has 1 heterocycles. The Morgan fingerprint density at radius 2 is 1.72 bits per heavy atom. The van der Waals surface area contributed by atoms with Gasteiger partial charge in [0, 0.05) is 11.3 Å². The number of hydrogen-bond acceptors (Lipinski definition) is 4. The lowest BCUT2D eigenvalue weighted by atomic mass is 10.1. The second kappa shape index (κ2) is 8.45. The Bertz CT molecular complexity index is 1170. The summed E-state index contributed by atoms with van der Waals surface area (Å²) in [4.78, 5) is 12.3. The average molecular weight is 400 g/mol. The third-order valence-corrected chi connectivity index (χ3v) is 5.61. The van der Waals surface area contributed by atoms with Gasteiger partial charge in [-0.15, -0.1) is 10.2 Å². The van der Waals surface area contributed by atoms with Crippen LogP contribution in [0.2, 0.25) is 0 Å². The van der Waals surface area contributed by atoms with Crippen molar-refractivity contribution in [3.8, 4) is 11.3 Å². The summed E-state index contributed by atoms with van der Waals surface area (Å²) in [5, 5.41) is 14.7. The van der Waals surface area contributed by atoms with Crippen LogP contribution >= 0.6 is 11.8 Å². The summed E-state index contributed by atoms with van der Waals surface area (Å²) in [6.07, 6.45) is 0.